The lowest BCUT2D eigenvalue weighted by molar-refractivity contribution is 0.00692. The third kappa shape index (κ3) is 11.6. The third-order valence-electron chi connectivity index (χ3n) is 29.9. The summed E-state index contributed by atoms with van der Waals surface area (Å²) in [6.07, 6.45) is 73.9. The smallest absolute Gasteiger partial charge is 0.0605 e. The monoisotopic (exact) mass is 1100 g/mol. The number of likely N-dealkylation sites (tertiary alicyclic amines) is 2. The van der Waals surface area contributed by atoms with Gasteiger partial charge in [-0.25, -0.2) is 0 Å². The highest BCUT2D eigenvalue weighted by atomic mass is 15.3. The highest BCUT2D eigenvalue weighted by Crippen LogP contribution is 2.62. The Kier molecular flexibility index (Phi) is 18.2. The van der Waals surface area contributed by atoms with E-state index in [4.69, 9.17) is 0 Å². The van der Waals surface area contributed by atoms with E-state index in [-0.39, 0.29) is 0 Å². The summed E-state index contributed by atoms with van der Waals surface area (Å²) < 4.78 is 0. The Hall–Kier alpha value is -0.240. The van der Waals surface area contributed by atoms with E-state index in [1.54, 1.807) is 128 Å². The molecule has 15 fully saturated rings. The molecule has 4 heterocycles. The van der Waals surface area contributed by atoms with Gasteiger partial charge in [-0.05, 0) is 288 Å². The number of nitrogens with one attached hydrogen (secondary N) is 4. The molecule has 0 radical (unpaired) electrons. The second kappa shape index (κ2) is 25.8. The maximum Gasteiger partial charge on any atom is 0.0605 e. The van der Waals surface area contributed by atoms with Crippen LogP contribution >= 0.6 is 0 Å². The largest absolute Gasteiger partial charge is 0.299 e. The Labute approximate surface area is 492 Å². The minimum absolute atomic E-state index is 0.597. The standard InChI is InChI=1S/C74H126N6/c1-5-17-53(18-6-1)63-47-65(77-73(75-63)57-21-9-3-10-22-57)55-33-29-49(30-34-55)51-37-41-59(42-38-51)79-67-27-15-13-25-61(67)71-69(79)45-46-70-72(71)62-26-14-16-28-68(62)80(70)60-43-39-52(40-44-60)50-31-35-56(36-32-50)66-48-64(54-19-7-2-8-20-54)76-74(78-66)58-23-11-4-12-24-58/h49-78H,1-48H2. The molecule has 14 unspecified atom stereocenters. The minimum atomic E-state index is 0.597. The highest BCUT2D eigenvalue weighted by molar-refractivity contribution is 5.16. The summed E-state index contributed by atoms with van der Waals surface area (Å²) in [7, 11) is 0. The third-order valence-corrected chi connectivity index (χ3v) is 29.9. The molecule has 6 nitrogen and oxygen atoms in total. The number of hydrogen-bond donors (Lipinski definition) is 4. The molecule has 0 bridgehead atoms. The van der Waals surface area contributed by atoms with Crippen LogP contribution in [0.15, 0.2) is 0 Å². The van der Waals surface area contributed by atoms with Crippen molar-refractivity contribution in [3.05, 3.63) is 0 Å². The van der Waals surface area contributed by atoms with E-state index in [0.29, 0.717) is 12.3 Å². The Morgan fingerprint density at radius 1 is 0.200 bits per heavy atom. The van der Waals surface area contributed by atoms with E-state index in [9.17, 15) is 0 Å². The summed E-state index contributed by atoms with van der Waals surface area (Å²) in [5.41, 5.74) is 0. The zero-order valence-electron chi connectivity index (χ0n) is 51.8. The van der Waals surface area contributed by atoms with Gasteiger partial charge in [-0.1, -0.05) is 103 Å². The van der Waals surface area contributed by atoms with Gasteiger partial charge < -0.3 is 0 Å². The van der Waals surface area contributed by atoms with Gasteiger partial charge in [-0.3, -0.25) is 31.1 Å². The van der Waals surface area contributed by atoms with Gasteiger partial charge in [0.1, 0.15) is 0 Å². The number of hydrogen-bond acceptors (Lipinski definition) is 6. The van der Waals surface area contributed by atoms with Gasteiger partial charge >= 0.3 is 0 Å². The van der Waals surface area contributed by atoms with Crippen molar-refractivity contribution in [3.63, 3.8) is 0 Å². The lowest BCUT2D eigenvalue weighted by Crippen LogP contribution is -2.64. The summed E-state index contributed by atoms with van der Waals surface area (Å²) in [6.45, 7) is 0. The molecule has 0 aromatic carbocycles. The van der Waals surface area contributed by atoms with E-state index >= 15 is 0 Å². The van der Waals surface area contributed by atoms with Crippen LogP contribution in [0.4, 0.5) is 0 Å². The molecule has 11 aliphatic carbocycles. The van der Waals surface area contributed by atoms with Gasteiger partial charge in [-0.15, -0.1) is 0 Å². The van der Waals surface area contributed by atoms with Crippen LogP contribution in [0.5, 0.6) is 0 Å². The van der Waals surface area contributed by atoms with Gasteiger partial charge in [0.15, 0.2) is 0 Å². The zero-order chi connectivity index (χ0) is 52.9. The predicted octanol–water partition coefficient (Wildman–Crippen LogP) is 16.8. The van der Waals surface area contributed by atoms with E-state index in [0.717, 1.165) is 143 Å². The second-order valence-corrected chi connectivity index (χ2v) is 33.4. The van der Waals surface area contributed by atoms with Crippen molar-refractivity contribution in [2.45, 2.75) is 381 Å². The van der Waals surface area contributed by atoms with Crippen molar-refractivity contribution in [3.8, 4) is 0 Å². The van der Waals surface area contributed by atoms with Crippen molar-refractivity contribution in [2.24, 2.45) is 82.9 Å². The molecule has 15 rings (SSSR count). The van der Waals surface area contributed by atoms with Crippen molar-refractivity contribution in [2.75, 3.05) is 0 Å². The fraction of sp³-hybridized carbons (Fsp3) is 1.00. The summed E-state index contributed by atoms with van der Waals surface area (Å²) in [6, 6.07) is 8.67. The first-order valence-electron chi connectivity index (χ1n) is 38.2. The SMILES string of the molecule is C1CCC(C2CC(C3CCC(C4CCC(N5C6CCCCC6C6C7C8CCCCC8N(C8CCC(C9CCC(C%10CC(C%11CCCCC%11)NC(C%11CCCCC%11)N%10)CC9)CC8)C7CCC65)CC4)CC3)NC(C3CCCCC3)N2)CC1. The Morgan fingerprint density at radius 3 is 0.800 bits per heavy atom. The van der Waals surface area contributed by atoms with Crippen LogP contribution in [-0.2, 0) is 0 Å². The second-order valence-electron chi connectivity index (χ2n) is 33.4. The molecule has 80 heavy (non-hydrogen) atoms. The van der Waals surface area contributed by atoms with Crippen molar-refractivity contribution in [1.82, 2.24) is 31.1 Å². The van der Waals surface area contributed by atoms with E-state index in [1.165, 1.54) is 180 Å². The van der Waals surface area contributed by atoms with Gasteiger partial charge in [0.25, 0.3) is 0 Å². The molecule has 452 valence electrons. The number of rotatable bonds is 10. The van der Waals surface area contributed by atoms with Crippen LogP contribution in [0.2, 0.25) is 0 Å². The molecular formula is C74H126N6. The summed E-state index contributed by atoms with van der Waals surface area (Å²) in [5.74, 6) is 13.7. The summed E-state index contributed by atoms with van der Waals surface area (Å²) in [5, 5.41) is 17.5. The zero-order valence-corrected chi connectivity index (χ0v) is 51.8. The molecule has 0 aromatic rings. The molecule has 0 amide bonds. The molecule has 4 aliphatic heterocycles. The van der Waals surface area contributed by atoms with Crippen LogP contribution in [0.3, 0.4) is 0 Å². The summed E-state index contributed by atoms with van der Waals surface area (Å²) >= 11 is 0. The topological polar surface area (TPSA) is 54.6 Å². The van der Waals surface area contributed by atoms with Crippen LogP contribution < -0.4 is 21.3 Å². The molecular weight excluding hydrogens is 973 g/mol. The number of nitrogens with zero attached hydrogens (tertiary/aromatic N) is 2. The first-order valence-corrected chi connectivity index (χ1v) is 38.2. The van der Waals surface area contributed by atoms with E-state index < -0.39 is 0 Å². The normalized spacial score (nSPS) is 49.4. The van der Waals surface area contributed by atoms with Gasteiger partial charge in [0.05, 0.1) is 12.3 Å². The Bertz CT molecular complexity index is 1710. The Balaban J connectivity index is 0.555. The first kappa shape index (κ1) is 56.3. The lowest BCUT2D eigenvalue weighted by atomic mass is 9.61. The van der Waals surface area contributed by atoms with E-state index in [2.05, 4.69) is 31.1 Å². The molecule has 6 heteroatoms. The minimum Gasteiger partial charge on any atom is -0.299 e. The maximum absolute atomic E-state index is 4.40. The Morgan fingerprint density at radius 2 is 0.463 bits per heavy atom. The molecule has 11 saturated carbocycles. The first-order chi connectivity index (χ1) is 39.6. The van der Waals surface area contributed by atoms with Crippen LogP contribution in [0.1, 0.15) is 308 Å². The molecule has 4 N–H and O–H groups in total. The highest BCUT2D eigenvalue weighted by Gasteiger charge is 2.64. The molecule has 15 aliphatic rings. The molecule has 0 aromatic heterocycles. The van der Waals surface area contributed by atoms with Crippen LogP contribution in [0, 0.1) is 82.9 Å². The van der Waals surface area contributed by atoms with Crippen molar-refractivity contribution >= 4 is 0 Å². The maximum atomic E-state index is 4.40. The average Bonchev–Trinajstić information content (AvgIpc) is 4.07. The van der Waals surface area contributed by atoms with Crippen molar-refractivity contribution < 1.29 is 0 Å². The lowest BCUT2D eigenvalue weighted by Gasteiger charge is -2.50. The van der Waals surface area contributed by atoms with Gasteiger partial charge in [0.2, 0.25) is 0 Å². The van der Waals surface area contributed by atoms with E-state index in [1.807, 2.05) is 0 Å². The predicted molar refractivity (Wildman–Crippen MR) is 332 cm³/mol. The fourth-order valence-electron chi connectivity index (χ4n) is 26.1. The summed E-state index contributed by atoms with van der Waals surface area (Å²) in [4.78, 5) is 6.86. The van der Waals surface area contributed by atoms with Crippen LogP contribution in [0.25, 0.3) is 0 Å². The fourth-order valence-corrected chi connectivity index (χ4v) is 26.1. The number of fused-ring (bicyclic) bond motifs is 7. The van der Waals surface area contributed by atoms with Gasteiger partial charge in [0, 0.05) is 60.4 Å². The quantitative estimate of drug-likeness (QED) is 0.175. The average molecular weight is 1100 g/mol. The molecule has 0 spiro atoms. The van der Waals surface area contributed by atoms with Crippen molar-refractivity contribution in [1.29, 1.82) is 0 Å². The molecule has 4 saturated heterocycles. The molecule has 14 atom stereocenters. The van der Waals surface area contributed by atoms with Gasteiger partial charge in [-0.2, -0.15) is 0 Å². The van der Waals surface area contributed by atoms with Crippen LogP contribution in [-0.4, -0.2) is 82.5 Å².